The lowest BCUT2D eigenvalue weighted by molar-refractivity contribution is -0.130. The summed E-state index contributed by atoms with van der Waals surface area (Å²) in [6.45, 7) is 6.96. The molecule has 2 aromatic carbocycles. The van der Waals surface area contributed by atoms with Gasteiger partial charge in [0.2, 0.25) is 17.7 Å². The van der Waals surface area contributed by atoms with Crippen LogP contribution in [0.5, 0.6) is 5.75 Å². The summed E-state index contributed by atoms with van der Waals surface area (Å²) in [5, 5.41) is 22.2. The van der Waals surface area contributed by atoms with Crippen LogP contribution in [0.25, 0.3) is 0 Å². The minimum Gasteiger partial charge on any atom is -0.508 e. The predicted molar refractivity (Wildman–Crippen MR) is 157 cm³/mol. The van der Waals surface area contributed by atoms with Crippen LogP contribution >= 0.6 is 0 Å². The Morgan fingerprint density at radius 3 is 2.41 bits per heavy atom. The lowest BCUT2D eigenvalue weighted by Crippen LogP contribution is -2.55. The second-order valence-electron chi connectivity index (χ2n) is 11.8. The van der Waals surface area contributed by atoms with Gasteiger partial charge in [0.1, 0.15) is 17.6 Å². The van der Waals surface area contributed by atoms with Crippen LogP contribution in [-0.2, 0) is 32.6 Å². The quantitative estimate of drug-likeness (QED) is 0.302. The molecule has 3 amide bonds. The van der Waals surface area contributed by atoms with Gasteiger partial charge in [-0.3, -0.25) is 14.4 Å². The third-order valence-corrected chi connectivity index (χ3v) is 7.19. The van der Waals surface area contributed by atoms with Crippen molar-refractivity contribution in [3.8, 4) is 5.75 Å². The highest BCUT2D eigenvalue weighted by atomic mass is 19.1. The molecule has 0 aromatic heterocycles. The molecule has 9 nitrogen and oxygen atoms in total. The largest absolute Gasteiger partial charge is 0.508 e. The van der Waals surface area contributed by atoms with E-state index in [1.54, 1.807) is 24.3 Å². The first kappa shape index (κ1) is 32.0. The molecule has 1 fully saturated rings. The molecule has 1 heterocycles. The van der Waals surface area contributed by atoms with Crippen LogP contribution in [0, 0.1) is 5.82 Å². The Morgan fingerprint density at radius 2 is 1.71 bits per heavy atom. The van der Waals surface area contributed by atoms with E-state index in [9.17, 15) is 23.9 Å². The van der Waals surface area contributed by atoms with Gasteiger partial charge in [-0.25, -0.2) is 4.39 Å². The fourth-order valence-electron chi connectivity index (χ4n) is 4.86. The average Bonchev–Trinajstić information content (AvgIpc) is 2.90. The van der Waals surface area contributed by atoms with Crippen LogP contribution in [0.1, 0.15) is 63.1 Å². The second kappa shape index (κ2) is 14.9. The molecule has 0 spiro atoms. The summed E-state index contributed by atoms with van der Waals surface area (Å²) in [7, 11) is 0. The van der Waals surface area contributed by atoms with Gasteiger partial charge in [-0.2, -0.15) is 0 Å². The van der Waals surface area contributed by atoms with Gasteiger partial charge in [-0.15, -0.1) is 0 Å². The van der Waals surface area contributed by atoms with Crippen molar-refractivity contribution in [2.24, 2.45) is 5.73 Å². The predicted octanol–water partition coefficient (Wildman–Crippen LogP) is 2.19. The number of nitrogens with one attached hydrogen (secondary N) is 4. The Hall–Kier alpha value is -3.50. The van der Waals surface area contributed by atoms with Gasteiger partial charge in [0.25, 0.3) is 0 Å². The number of rotatable bonds is 7. The van der Waals surface area contributed by atoms with E-state index >= 15 is 0 Å². The normalized spacial score (nSPS) is 20.4. The zero-order chi connectivity index (χ0) is 30.0. The van der Waals surface area contributed by atoms with Gasteiger partial charge in [-0.1, -0.05) is 45.0 Å². The van der Waals surface area contributed by atoms with Crippen molar-refractivity contribution in [1.29, 1.82) is 0 Å². The summed E-state index contributed by atoms with van der Waals surface area (Å²) in [5.74, 6) is -0.977. The Balaban J connectivity index is 1.76. The molecule has 0 unspecified atom stereocenters. The highest BCUT2D eigenvalue weighted by molar-refractivity contribution is 5.90. The van der Waals surface area contributed by atoms with E-state index in [0.717, 1.165) is 16.7 Å². The van der Waals surface area contributed by atoms with Crippen molar-refractivity contribution in [3.05, 3.63) is 65.0 Å². The molecule has 0 saturated carbocycles. The van der Waals surface area contributed by atoms with Crippen LogP contribution in [-0.4, -0.2) is 60.6 Å². The number of phenols is 1. The number of halogens is 1. The van der Waals surface area contributed by atoms with E-state index in [4.69, 9.17) is 5.73 Å². The van der Waals surface area contributed by atoms with E-state index in [0.29, 0.717) is 38.8 Å². The molecule has 41 heavy (non-hydrogen) atoms. The number of phenolic OH excluding ortho intramolecular Hbond substituents is 1. The fourth-order valence-corrected chi connectivity index (χ4v) is 4.86. The monoisotopic (exact) mass is 569 g/mol. The summed E-state index contributed by atoms with van der Waals surface area (Å²) in [6, 6.07) is 9.57. The molecular formula is C31H44FN5O4. The summed E-state index contributed by atoms with van der Waals surface area (Å²) in [5.41, 5.74) is 8.44. The van der Waals surface area contributed by atoms with Gasteiger partial charge < -0.3 is 32.1 Å². The Kier molecular flexibility index (Phi) is 11.7. The van der Waals surface area contributed by atoms with Gasteiger partial charge in [-0.05, 0) is 66.0 Å². The van der Waals surface area contributed by atoms with Crippen molar-refractivity contribution in [2.75, 3.05) is 19.6 Å². The SMILES string of the molecule is CC(C)(C)c1cc(C[C@@H]2NC(=O)[C@@H](NC[C@@H](N)Cc3ccc(F)cc3)CCCCNC(=O)CCNC2=O)ccc1O. The molecular weight excluding hydrogens is 525 g/mol. The van der Waals surface area contributed by atoms with Crippen LogP contribution in [0.4, 0.5) is 4.39 Å². The highest BCUT2D eigenvalue weighted by Gasteiger charge is 2.27. The van der Waals surface area contributed by atoms with Crippen molar-refractivity contribution in [1.82, 2.24) is 21.3 Å². The molecule has 1 aliphatic heterocycles. The van der Waals surface area contributed by atoms with Gasteiger partial charge in [0, 0.05) is 38.5 Å². The Morgan fingerprint density at radius 1 is 1.00 bits per heavy atom. The van der Waals surface area contributed by atoms with E-state index < -0.39 is 12.1 Å². The molecule has 1 aliphatic rings. The number of benzene rings is 2. The molecule has 0 radical (unpaired) electrons. The molecule has 3 atom stereocenters. The van der Waals surface area contributed by atoms with Crippen LogP contribution in [0.2, 0.25) is 0 Å². The van der Waals surface area contributed by atoms with Crippen LogP contribution in [0.15, 0.2) is 42.5 Å². The van der Waals surface area contributed by atoms with E-state index in [1.165, 1.54) is 12.1 Å². The number of hydrogen-bond acceptors (Lipinski definition) is 6. The first-order valence-electron chi connectivity index (χ1n) is 14.3. The van der Waals surface area contributed by atoms with Gasteiger partial charge in [0.15, 0.2) is 0 Å². The van der Waals surface area contributed by atoms with Crippen molar-refractivity contribution in [3.63, 3.8) is 0 Å². The van der Waals surface area contributed by atoms with E-state index in [1.807, 2.05) is 26.8 Å². The number of carbonyl (C=O) groups excluding carboxylic acids is 3. The molecule has 10 heteroatoms. The minimum absolute atomic E-state index is 0.141. The number of nitrogens with two attached hydrogens (primary N) is 1. The average molecular weight is 570 g/mol. The third-order valence-electron chi connectivity index (χ3n) is 7.19. The molecule has 224 valence electrons. The molecule has 7 N–H and O–H groups in total. The smallest absolute Gasteiger partial charge is 0.242 e. The number of hydrogen-bond donors (Lipinski definition) is 6. The lowest BCUT2D eigenvalue weighted by Gasteiger charge is -2.26. The summed E-state index contributed by atoms with van der Waals surface area (Å²) in [6.07, 6.45) is 2.75. The maximum absolute atomic E-state index is 13.5. The summed E-state index contributed by atoms with van der Waals surface area (Å²) >= 11 is 0. The Bertz CT molecular complexity index is 1180. The van der Waals surface area contributed by atoms with Gasteiger partial charge >= 0.3 is 0 Å². The first-order valence-corrected chi connectivity index (χ1v) is 14.3. The summed E-state index contributed by atoms with van der Waals surface area (Å²) in [4.78, 5) is 38.9. The molecule has 0 aliphatic carbocycles. The first-order chi connectivity index (χ1) is 19.4. The number of carbonyl (C=O) groups is 3. The maximum atomic E-state index is 13.5. The highest BCUT2D eigenvalue weighted by Crippen LogP contribution is 2.31. The van der Waals surface area contributed by atoms with Crippen molar-refractivity contribution in [2.45, 2.75) is 82.8 Å². The second-order valence-corrected chi connectivity index (χ2v) is 11.8. The van der Waals surface area contributed by atoms with Crippen molar-refractivity contribution < 1.29 is 23.9 Å². The molecule has 0 bridgehead atoms. The molecule has 2 aromatic rings. The number of aromatic hydroxyl groups is 1. The standard InChI is InChI=1S/C31H44FN5O4/c1-31(2,3)24-17-21(9-12-27(24)38)18-26-29(40)35-15-13-28(39)34-14-5-4-6-25(30(41)37-26)36-19-23(33)16-20-7-10-22(32)11-8-20/h7-12,17,23,25-26,36,38H,4-6,13-16,18-19,33H2,1-3H3,(H,34,39)(H,35,40)(H,37,41)/t23-,25-,26-/m0/s1. The van der Waals surface area contributed by atoms with Crippen LogP contribution in [0.3, 0.4) is 0 Å². The third kappa shape index (κ3) is 10.4. The zero-order valence-corrected chi connectivity index (χ0v) is 24.3. The van der Waals surface area contributed by atoms with Crippen molar-refractivity contribution >= 4 is 17.7 Å². The Labute approximate surface area is 241 Å². The molecule has 3 rings (SSSR count). The zero-order valence-electron chi connectivity index (χ0n) is 24.3. The molecule has 1 saturated heterocycles. The van der Waals surface area contributed by atoms with Gasteiger partial charge in [0.05, 0.1) is 6.04 Å². The van der Waals surface area contributed by atoms with E-state index in [-0.39, 0.29) is 60.1 Å². The van der Waals surface area contributed by atoms with E-state index in [2.05, 4.69) is 21.3 Å². The maximum Gasteiger partial charge on any atom is 0.242 e. The van der Waals surface area contributed by atoms with Crippen LogP contribution < -0.4 is 27.0 Å². The fraction of sp³-hybridized carbons (Fsp3) is 0.516. The lowest BCUT2D eigenvalue weighted by atomic mass is 9.84. The topological polar surface area (TPSA) is 146 Å². The minimum atomic E-state index is -0.886. The number of amides is 3. The summed E-state index contributed by atoms with van der Waals surface area (Å²) < 4.78 is 13.3.